The average Bonchev–Trinajstić information content (AvgIpc) is 2.65. The van der Waals surface area contributed by atoms with E-state index in [2.05, 4.69) is 32.3 Å². The summed E-state index contributed by atoms with van der Waals surface area (Å²) >= 11 is 0. The largest absolute Gasteiger partial charge is 0.358 e. The third-order valence-electron chi connectivity index (χ3n) is 2.02. The van der Waals surface area contributed by atoms with Gasteiger partial charge in [0.15, 0.2) is 0 Å². The Morgan fingerprint density at radius 1 is 0.667 bits per heavy atom. The van der Waals surface area contributed by atoms with Crippen molar-refractivity contribution in [1.82, 2.24) is 26.6 Å². The highest BCUT2D eigenvalue weighted by Crippen LogP contribution is 1.61. The Labute approximate surface area is 161 Å². The van der Waals surface area contributed by atoms with Gasteiger partial charge in [-0.3, -0.25) is 24.0 Å². The predicted octanol–water partition coefficient (Wildman–Crippen LogP) is -3.36. The fourth-order valence-corrected chi connectivity index (χ4v) is 0.688. The molecule has 5 amide bonds. The van der Waals surface area contributed by atoms with Crippen LogP contribution in [-0.2, 0) is 24.0 Å². The van der Waals surface area contributed by atoms with Gasteiger partial charge in [-0.25, -0.2) is 0 Å². The first kappa shape index (κ1) is 35.4. The van der Waals surface area contributed by atoms with Crippen LogP contribution in [0.15, 0.2) is 0 Å². The van der Waals surface area contributed by atoms with Crippen molar-refractivity contribution in [2.45, 2.75) is 21.3 Å². The monoisotopic (exact) mass is 395 g/mol. The summed E-state index contributed by atoms with van der Waals surface area (Å²) in [6.07, 6.45) is 0. The summed E-state index contributed by atoms with van der Waals surface area (Å²) in [6, 6.07) is 0. The molecule has 27 heavy (non-hydrogen) atoms. The number of nitrogens with two attached hydrogens (primary N) is 2. The van der Waals surface area contributed by atoms with Crippen LogP contribution in [0.3, 0.4) is 0 Å². The van der Waals surface area contributed by atoms with E-state index >= 15 is 0 Å². The van der Waals surface area contributed by atoms with Crippen LogP contribution in [0.2, 0.25) is 0 Å². The SMILES string of the molecule is C.CN.CNC(=O)CN.CNC(=O)CNC(C)=O.CNC(=O)CNC(C)=O. The highest BCUT2D eigenvalue weighted by molar-refractivity contribution is 5.83. The summed E-state index contributed by atoms with van der Waals surface area (Å²) in [5.74, 6) is -0.900. The molecule has 0 aliphatic heterocycles. The molecule has 0 radical (unpaired) electrons. The van der Waals surface area contributed by atoms with E-state index in [1.165, 1.54) is 35.0 Å². The van der Waals surface area contributed by atoms with E-state index in [-0.39, 0.29) is 56.6 Å². The molecule has 0 aliphatic carbocycles. The van der Waals surface area contributed by atoms with Gasteiger partial charge in [-0.2, -0.15) is 0 Å². The lowest BCUT2D eigenvalue weighted by Gasteiger charge is -1.98. The Morgan fingerprint density at radius 2 is 0.926 bits per heavy atom. The van der Waals surface area contributed by atoms with E-state index in [4.69, 9.17) is 5.73 Å². The second-order valence-corrected chi connectivity index (χ2v) is 4.04. The topological polar surface area (TPSA) is 198 Å². The molecule has 0 saturated heterocycles. The summed E-state index contributed by atoms with van der Waals surface area (Å²) in [7, 11) is 6.09. The van der Waals surface area contributed by atoms with Crippen molar-refractivity contribution in [2.75, 3.05) is 47.8 Å². The van der Waals surface area contributed by atoms with Crippen LogP contribution in [0, 0.1) is 0 Å². The van der Waals surface area contributed by atoms with Crippen molar-refractivity contribution in [2.24, 2.45) is 11.5 Å². The smallest absolute Gasteiger partial charge is 0.239 e. The van der Waals surface area contributed by atoms with Gasteiger partial charge in [0.25, 0.3) is 0 Å². The maximum Gasteiger partial charge on any atom is 0.239 e. The number of carbonyl (C=O) groups is 5. The molecule has 0 aromatic heterocycles. The lowest BCUT2D eigenvalue weighted by atomic mass is 10.5. The predicted molar refractivity (Wildman–Crippen MR) is 105 cm³/mol. The molecule has 12 heteroatoms. The molecule has 9 N–H and O–H groups in total. The van der Waals surface area contributed by atoms with Crippen molar-refractivity contribution in [1.29, 1.82) is 0 Å². The minimum absolute atomic E-state index is 0. The minimum atomic E-state index is -0.196. The van der Waals surface area contributed by atoms with Crippen LogP contribution >= 0.6 is 0 Å². The molecule has 0 rings (SSSR count). The molecular formula is C15H37N7O5. The normalized spacial score (nSPS) is 7.41. The molecule has 0 aliphatic rings. The van der Waals surface area contributed by atoms with E-state index in [0.717, 1.165) is 0 Å². The molecule has 162 valence electrons. The van der Waals surface area contributed by atoms with Gasteiger partial charge in [-0.1, -0.05) is 7.43 Å². The number of nitrogens with one attached hydrogen (secondary N) is 5. The molecule has 12 nitrogen and oxygen atoms in total. The second kappa shape index (κ2) is 28.1. The molecule has 0 spiro atoms. The zero-order valence-corrected chi connectivity index (χ0v) is 16.3. The van der Waals surface area contributed by atoms with Crippen molar-refractivity contribution in [3.63, 3.8) is 0 Å². The average molecular weight is 396 g/mol. The molecule has 0 fully saturated rings. The fraction of sp³-hybridized carbons (Fsp3) is 0.667. The molecule has 0 bridgehead atoms. The van der Waals surface area contributed by atoms with Crippen LogP contribution in [0.5, 0.6) is 0 Å². The Hall–Kier alpha value is -2.73. The van der Waals surface area contributed by atoms with Crippen LogP contribution in [0.1, 0.15) is 21.3 Å². The molecule has 0 heterocycles. The first-order valence-corrected chi connectivity index (χ1v) is 7.52. The van der Waals surface area contributed by atoms with Crippen LogP contribution in [0.4, 0.5) is 0 Å². The zero-order chi connectivity index (χ0) is 21.5. The number of carbonyl (C=O) groups excluding carboxylic acids is 5. The molecule has 0 atom stereocenters. The van der Waals surface area contributed by atoms with E-state index < -0.39 is 0 Å². The van der Waals surface area contributed by atoms with Gasteiger partial charge >= 0.3 is 0 Å². The van der Waals surface area contributed by atoms with Gasteiger partial charge in [0.05, 0.1) is 19.6 Å². The van der Waals surface area contributed by atoms with E-state index in [9.17, 15) is 24.0 Å². The van der Waals surface area contributed by atoms with Gasteiger partial charge in [-0.15, -0.1) is 0 Å². The van der Waals surface area contributed by atoms with E-state index in [0.29, 0.717) is 0 Å². The van der Waals surface area contributed by atoms with E-state index in [1.54, 1.807) is 7.05 Å². The summed E-state index contributed by atoms with van der Waals surface area (Å²) in [5.41, 5.74) is 9.37. The highest BCUT2D eigenvalue weighted by Gasteiger charge is 1.96. The summed E-state index contributed by atoms with van der Waals surface area (Å²) < 4.78 is 0. The van der Waals surface area contributed by atoms with Crippen LogP contribution < -0.4 is 38.1 Å². The highest BCUT2D eigenvalue weighted by atomic mass is 16.2. The molecule has 0 unspecified atom stereocenters. The second-order valence-electron chi connectivity index (χ2n) is 4.04. The fourth-order valence-electron chi connectivity index (χ4n) is 0.688. The summed E-state index contributed by atoms with van der Waals surface area (Å²) in [6.45, 7) is 2.93. The van der Waals surface area contributed by atoms with Crippen molar-refractivity contribution >= 4 is 29.5 Å². The van der Waals surface area contributed by atoms with Gasteiger partial charge in [0.2, 0.25) is 29.5 Å². The van der Waals surface area contributed by atoms with Crippen molar-refractivity contribution < 1.29 is 24.0 Å². The third-order valence-corrected chi connectivity index (χ3v) is 2.02. The first-order valence-electron chi connectivity index (χ1n) is 7.52. The standard InChI is InChI=1S/2C5H10N2O2.C3H8N2O.CH5N.CH4/c2*1-4(8)7-3-5(9)6-2;1-5-3(6)2-4;1-2;/h2*3H2,1-2H3,(H,6,9)(H,7,8);2,4H2,1H3,(H,5,6);2H2,1H3;1H4. The van der Waals surface area contributed by atoms with Gasteiger partial charge < -0.3 is 38.1 Å². The number of likely N-dealkylation sites (N-methyl/N-ethyl adjacent to an activating group) is 3. The van der Waals surface area contributed by atoms with Gasteiger partial charge in [0, 0.05) is 35.0 Å². The Bertz CT molecular complexity index is 381. The number of hydrogen-bond acceptors (Lipinski definition) is 7. The third kappa shape index (κ3) is 45.1. The van der Waals surface area contributed by atoms with Gasteiger partial charge in [-0.05, 0) is 7.05 Å². The van der Waals surface area contributed by atoms with Gasteiger partial charge in [0.1, 0.15) is 0 Å². The minimum Gasteiger partial charge on any atom is -0.358 e. The lowest BCUT2D eigenvalue weighted by Crippen LogP contribution is -2.33. The molecular weight excluding hydrogens is 358 g/mol. The number of rotatable bonds is 5. The zero-order valence-electron chi connectivity index (χ0n) is 16.3. The molecule has 0 saturated carbocycles. The lowest BCUT2D eigenvalue weighted by molar-refractivity contribution is -0.124. The molecule has 0 aromatic carbocycles. The maximum absolute atomic E-state index is 10.4. The van der Waals surface area contributed by atoms with Crippen molar-refractivity contribution in [3.05, 3.63) is 0 Å². The number of hydrogen-bond donors (Lipinski definition) is 7. The Balaban J connectivity index is -0.0000000856. The van der Waals surface area contributed by atoms with Crippen molar-refractivity contribution in [3.8, 4) is 0 Å². The van der Waals surface area contributed by atoms with E-state index in [1.807, 2.05) is 0 Å². The van der Waals surface area contributed by atoms with Crippen LogP contribution in [-0.4, -0.2) is 77.4 Å². The Morgan fingerprint density at radius 3 is 1.04 bits per heavy atom. The Kier molecular flexibility index (Phi) is 36.8. The first-order chi connectivity index (χ1) is 12.1. The molecule has 0 aromatic rings. The quantitative estimate of drug-likeness (QED) is 0.252. The summed E-state index contributed by atoms with van der Waals surface area (Å²) in [4.78, 5) is 51.1. The van der Waals surface area contributed by atoms with Crippen LogP contribution in [0.25, 0.3) is 0 Å². The number of amides is 5. The summed E-state index contributed by atoms with van der Waals surface area (Å²) in [5, 5.41) is 11.8. The maximum atomic E-state index is 10.4.